The first-order valence-electron chi connectivity index (χ1n) is 8.98. The molecular formula is C19H24N4O3. The Morgan fingerprint density at radius 2 is 1.92 bits per heavy atom. The van der Waals surface area contributed by atoms with Crippen LogP contribution in [0.25, 0.3) is 5.69 Å². The zero-order valence-electron chi connectivity index (χ0n) is 14.9. The van der Waals surface area contributed by atoms with Crippen LogP contribution < -0.4 is 5.32 Å². The summed E-state index contributed by atoms with van der Waals surface area (Å²) in [4.78, 5) is 28.1. The maximum absolute atomic E-state index is 12.5. The molecule has 2 aromatic rings. The number of carboxylic acids is 1. The molecule has 0 radical (unpaired) electrons. The Kier molecular flexibility index (Phi) is 5.35. The number of carboxylic acid groups (broad SMARTS) is 1. The minimum Gasteiger partial charge on any atom is -0.481 e. The molecule has 2 N–H and O–H groups in total. The summed E-state index contributed by atoms with van der Waals surface area (Å²) in [7, 11) is 0. The van der Waals surface area contributed by atoms with E-state index >= 15 is 0 Å². The van der Waals surface area contributed by atoms with E-state index in [-0.39, 0.29) is 18.4 Å². The minimum absolute atomic E-state index is 0.0454. The van der Waals surface area contributed by atoms with E-state index in [9.17, 15) is 14.7 Å². The van der Waals surface area contributed by atoms with Crippen molar-refractivity contribution in [3.05, 3.63) is 42.5 Å². The molecule has 1 amide bonds. The number of carbonyl (C=O) groups is 2. The van der Waals surface area contributed by atoms with Crippen molar-refractivity contribution in [2.75, 3.05) is 0 Å². The summed E-state index contributed by atoms with van der Waals surface area (Å²) in [5.74, 6) is -1.06. The second-order valence-corrected chi connectivity index (χ2v) is 7.04. The van der Waals surface area contributed by atoms with Crippen LogP contribution in [0.5, 0.6) is 0 Å². The monoisotopic (exact) mass is 356 g/mol. The Balaban J connectivity index is 1.62. The molecule has 1 aromatic heterocycles. The predicted molar refractivity (Wildman–Crippen MR) is 95.7 cm³/mol. The zero-order valence-corrected chi connectivity index (χ0v) is 14.9. The number of amides is 1. The average Bonchev–Trinajstić information content (AvgIpc) is 3.17. The highest BCUT2D eigenvalue weighted by Crippen LogP contribution is 2.39. The van der Waals surface area contributed by atoms with Gasteiger partial charge in [-0.05, 0) is 37.5 Å². The summed E-state index contributed by atoms with van der Waals surface area (Å²) in [5.41, 5.74) is 0.936. The van der Waals surface area contributed by atoms with Gasteiger partial charge in [0, 0.05) is 6.42 Å². The lowest BCUT2D eigenvalue weighted by molar-refractivity contribution is -0.154. The first kappa shape index (κ1) is 18.1. The van der Waals surface area contributed by atoms with E-state index in [0.717, 1.165) is 30.5 Å². The van der Waals surface area contributed by atoms with Crippen molar-refractivity contribution in [1.82, 2.24) is 20.1 Å². The zero-order chi connectivity index (χ0) is 18.6. The van der Waals surface area contributed by atoms with E-state index in [1.165, 1.54) is 6.33 Å². The summed E-state index contributed by atoms with van der Waals surface area (Å²) in [6, 6.07) is 7.48. The molecule has 1 aromatic carbocycles. The summed E-state index contributed by atoms with van der Waals surface area (Å²) in [6.45, 7) is 1.90. The van der Waals surface area contributed by atoms with Crippen molar-refractivity contribution in [2.24, 2.45) is 5.41 Å². The van der Waals surface area contributed by atoms with Crippen LogP contribution in [0.3, 0.4) is 0 Å². The number of nitrogens with one attached hydrogen (secondary N) is 1. The molecule has 0 unspecified atom stereocenters. The molecule has 1 aliphatic rings. The van der Waals surface area contributed by atoms with Crippen molar-refractivity contribution < 1.29 is 14.7 Å². The highest BCUT2D eigenvalue weighted by Gasteiger charge is 2.41. The summed E-state index contributed by atoms with van der Waals surface area (Å²) in [5, 5.41) is 16.6. The molecule has 138 valence electrons. The second kappa shape index (κ2) is 7.68. The van der Waals surface area contributed by atoms with Gasteiger partial charge in [0.15, 0.2) is 0 Å². The normalized spacial score (nSPS) is 17.4. The largest absolute Gasteiger partial charge is 0.481 e. The molecule has 1 atom stereocenters. The SMILES string of the molecule is C[C@@H](NC(=O)CC1(C(=O)O)CCCCC1)c1ccc(-n2cncn2)cc1. The van der Waals surface area contributed by atoms with Crippen LogP contribution in [0, 0.1) is 5.41 Å². The quantitative estimate of drug-likeness (QED) is 0.829. The lowest BCUT2D eigenvalue weighted by Crippen LogP contribution is -2.39. The molecule has 0 bridgehead atoms. The predicted octanol–water partition coefficient (Wildman–Crippen LogP) is 2.87. The summed E-state index contributed by atoms with van der Waals surface area (Å²) < 4.78 is 1.66. The average molecular weight is 356 g/mol. The fourth-order valence-corrected chi connectivity index (χ4v) is 3.64. The van der Waals surface area contributed by atoms with Crippen molar-refractivity contribution in [3.63, 3.8) is 0 Å². The van der Waals surface area contributed by atoms with Crippen LogP contribution in [-0.2, 0) is 9.59 Å². The summed E-state index contributed by atoms with van der Waals surface area (Å²) >= 11 is 0. The van der Waals surface area contributed by atoms with Crippen molar-refractivity contribution >= 4 is 11.9 Å². The van der Waals surface area contributed by atoms with Gasteiger partial charge in [0.05, 0.1) is 17.1 Å². The first-order chi connectivity index (χ1) is 12.5. The molecule has 1 fully saturated rings. The highest BCUT2D eigenvalue weighted by atomic mass is 16.4. The van der Waals surface area contributed by atoms with Crippen molar-refractivity contribution in [3.8, 4) is 5.69 Å². The maximum atomic E-state index is 12.5. The highest BCUT2D eigenvalue weighted by molar-refractivity contribution is 5.85. The molecule has 1 saturated carbocycles. The first-order valence-corrected chi connectivity index (χ1v) is 8.98. The number of aliphatic carboxylic acids is 1. The smallest absolute Gasteiger partial charge is 0.310 e. The van der Waals surface area contributed by atoms with E-state index in [1.807, 2.05) is 31.2 Å². The Bertz CT molecular complexity index is 750. The van der Waals surface area contributed by atoms with Gasteiger partial charge in [-0.3, -0.25) is 9.59 Å². The number of benzene rings is 1. The van der Waals surface area contributed by atoms with Gasteiger partial charge in [0.2, 0.25) is 5.91 Å². The van der Waals surface area contributed by atoms with E-state index < -0.39 is 11.4 Å². The topological polar surface area (TPSA) is 97.1 Å². The number of rotatable bonds is 6. The molecule has 1 aliphatic carbocycles. The van der Waals surface area contributed by atoms with Crippen LogP contribution >= 0.6 is 0 Å². The van der Waals surface area contributed by atoms with Crippen molar-refractivity contribution in [2.45, 2.75) is 51.5 Å². The van der Waals surface area contributed by atoms with Gasteiger partial charge < -0.3 is 10.4 Å². The lowest BCUT2D eigenvalue weighted by atomic mass is 9.71. The molecule has 7 heteroatoms. The number of aromatic nitrogens is 3. The molecule has 3 rings (SSSR count). The van der Waals surface area contributed by atoms with Gasteiger partial charge in [0.1, 0.15) is 12.7 Å². The maximum Gasteiger partial charge on any atom is 0.310 e. The standard InChI is InChI=1S/C19H24N4O3/c1-14(15-5-7-16(8-6-15)23-13-20-12-21-23)22-17(24)11-19(18(25)26)9-3-2-4-10-19/h5-8,12-14H,2-4,9-11H2,1H3,(H,22,24)(H,25,26)/t14-/m1/s1. The molecule has 26 heavy (non-hydrogen) atoms. The van der Waals surface area contributed by atoms with E-state index in [1.54, 1.807) is 11.0 Å². The van der Waals surface area contributed by atoms with Crippen LogP contribution in [0.1, 0.15) is 57.1 Å². The van der Waals surface area contributed by atoms with Gasteiger partial charge in [-0.25, -0.2) is 9.67 Å². The van der Waals surface area contributed by atoms with Crippen LogP contribution in [0.2, 0.25) is 0 Å². The van der Waals surface area contributed by atoms with E-state index in [0.29, 0.717) is 12.8 Å². The molecule has 0 saturated heterocycles. The third-order valence-electron chi connectivity index (χ3n) is 5.22. The number of hydrogen-bond donors (Lipinski definition) is 2. The second-order valence-electron chi connectivity index (χ2n) is 7.04. The Labute approximate surface area is 152 Å². The third kappa shape index (κ3) is 3.92. The minimum atomic E-state index is -0.904. The molecule has 0 aliphatic heterocycles. The van der Waals surface area contributed by atoms with Gasteiger partial charge in [-0.2, -0.15) is 5.10 Å². The van der Waals surface area contributed by atoms with E-state index in [4.69, 9.17) is 0 Å². The Morgan fingerprint density at radius 1 is 1.23 bits per heavy atom. The number of carbonyl (C=O) groups excluding carboxylic acids is 1. The molecule has 1 heterocycles. The van der Waals surface area contributed by atoms with Crippen LogP contribution in [0.4, 0.5) is 0 Å². The van der Waals surface area contributed by atoms with Gasteiger partial charge in [-0.1, -0.05) is 31.4 Å². The van der Waals surface area contributed by atoms with Crippen LogP contribution in [-0.4, -0.2) is 31.7 Å². The third-order valence-corrected chi connectivity index (χ3v) is 5.22. The van der Waals surface area contributed by atoms with Gasteiger partial charge in [-0.15, -0.1) is 0 Å². The van der Waals surface area contributed by atoms with Crippen LogP contribution in [0.15, 0.2) is 36.9 Å². The molecule has 0 spiro atoms. The van der Waals surface area contributed by atoms with E-state index in [2.05, 4.69) is 15.4 Å². The number of nitrogens with zero attached hydrogens (tertiary/aromatic N) is 3. The van der Waals surface area contributed by atoms with Gasteiger partial charge in [0.25, 0.3) is 0 Å². The van der Waals surface area contributed by atoms with Crippen molar-refractivity contribution in [1.29, 1.82) is 0 Å². The Morgan fingerprint density at radius 3 is 2.50 bits per heavy atom. The Hall–Kier alpha value is -2.70. The number of hydrogen-bond acceptors (Lipinski definition) is 4. The lowest BCUT2D eigenvalue weighted by Gasteiger charge is -2.32. The van der Waals surface area contributed by atoms with Gasteiger partial charge >= 0.3 is 5.97 Å². The molecular weight excluding hydrogens is 332 g/mol. The molecule has 7 nitrogen and oxygen atoms in total. The fourth-order valence-electron chi connectivity index (χ4n) is 3.64. The fraction of sp³-hybridized carbons (Fsp3) is 0.474. The summed E-state index contributed by atoms with van der Waals surface area (Å²) in [6.07, 6.45) is 7.09.